The van der Waals surface area contributed by atoms with E-state index in [1.54, 1.807) is 18.3 Å². The van der Waals surface area contributed by atoms with Crippen LogP contribution in [-0.2, 0) is 5.92 Å². The molecule has 0 aliphatic rings. The van der Waals surface area contributed by atoms with Crippen molar-refractivity contribution in [2.45, 2.75) is 12.8 Å². The average Bonchev–Trinajstić information content (AvgIpc) is 2.96. The second kappa shape index (κ2) is 5.46. The maximum Gasteiger partial charge on any atom is 0.270 e. The van der Waals surface area contributed by atoms with E-state index < -0.39 is 5.92 Å². The zero-order chi connectivity index (χ0) is 15.7. The summed E-state index contributed by atoms with van der Waals surface area (Å²) in [6.45, 7) is 0.844. The minimum Gasteiger partial charge on any atom is -0.416 e. The van der Waals surface area contributed by atoms with Crippen molar-refractivity contribution in [2.75, 3.05) is 0 Å². The maximum atomic E-state index is 13.2. The monoisotopic (exact) mass is 321 g/mol. The molecule has 112 valence electrons. The van der Waals surface area contributed by atoms with E-state index in [9.17, 15) is 8.78 Å². The fourth-order valence-electron chi connectivity index (χ4n) is 1.90. The van der Waals surface area contributed by atoms with Crippen LogP contribution in [0.1, 0.15) is 12.5 Å². The lowest BCUT2D eigenvalue weighted by Gasteiger charge is -2.09. The fourth-order valence-corrected chi connectivity index (χ4v) is 2.10. The van der Waals surface area contributed by atoms with Gasteiger partial charge in [-0.2, -0.15) is 0 Å². The molecule has 0 saturated heterocycles. The van der Waals surface area contributed by atoms with Gasteiger partial charge in [0, 0.05) is 24.2 Å². The van der Waals surface area contributed by atoms with E-state index in [4.69, 9.17) is 16.0 Å². The zero-order valence-electron chi connectivity index (χ0n) is 11.4. The third kappa shape index (κ3) is 2.82. The van der Waals surface area contributed by atoms with Crippen molar-refractivity contribution in [1.82, 2.24) is 15.2 Å². The maximum absolute atomic E-state index is 13.2. The van der Waals surface area contributed by atoms with E-state index in [-0.39, 0.29) is 22.5 Å². The van der Waals surface area contributed by atoms with Crippen LogP contribution in [0.25, 0.3) is 22.9 Å². The third-order valence-corrected chi connectivity index (χ3v) is 3.35. The summed E-state index contributed by atoms with van der Waals surface area (Å²) in [5, 5.41) is 8.06. The van der Waals surface area contributed by atoms with E-state index in [2.05, 4.69) is 15.2 Å². The molecule has 0 aliphatic heterocycles. The molecule has 3 aromatic rings. The molecule has 0 N–H and O–H groups in total. The molecular formula is C15H10ClF2N3O. The molecule has 0 aliphatic carbocycles. The molecule has 2 heterocycles. The Morgan fingerprint density at radius 3 is 2.36 bits per heavy atom. The Morgan fingerprint density at radius 1 is 1.05 bits per heavy atom. The molecule has 0 spiro atoms. The van der Waals surface area contributed by atoms with Crippen LogP contribution < -0.4 is 0 Å². The molecule has 2 aromatic heterocycles. The molecule has 0 amide bonds. The van der Waals surface area contributed by atoms with Gasteiger partial charge < -0.3 is 4.42 Å². The molecule has 1 aromatic carbocycles. The summed E-state index contributed by atoms with van der Waals surface area (Å²) in [7, 11) is 0. The molecule has 22 heavy (non-hydrogen) atoms. The van der Waals surface area contributed by atoms with Gasteiger partial charge in [0.2, 0.25) is 5.89 Å². The van der Waals surface area contributed by atoms with Crippen LogP contribution >= 0.6 is 11.6 Å². The topological polar surface area (TPSA) is 51.8 Å². The molecule has 7 heteroatoms. The summed E-state index contributed by atoms with van der Waals surface area (Å²) in [6.07, 6.45) is 1.55. The van der Waals surface area contributed by atoms with Gasteiger partial charge in [-0.1, -0.05) is 23.7 Å². The van der Waals surface area contributed by atoms with E-state index in [0.717, 1.165) is 6.92 Å². The minimum atomic E-state index is -2.89. The second-order valence-electron chi connectivity index (χ2n) is 4.72. The van der Waals surface area contributed by atoms with Crippen LogP contribution in [0.15, 0.2) is 47.0 Å². The van der Waals surface area contributed by atoms with Crippen LogP contribution in [0.5, 0.6) is 0 Å². The summed E-state index contributed by atoms with van der Waals surface area (Å²) in [5.41, 5.74) is 0.984. The number of hydrogen-bond donors (Lipinski definition) is 0. The Labute approximate surface area is 129 Å². The summed E-state index contributed by atoms with van der Waals surface area (Å²) in [4.78, 5) is 3.93. The van der Waals surface area contributed by atoms with Crippen molar-refractivity contribution in [2.24, 2.45) is 0 Å². The quantitative estimate of drug-likeness (QED) is 0.663. The van der Waals surface area contributed by atoms with Crippen molar-refractivity contribution in [3.05, 3.63) is 53.3 Å². The number of benzene rings is 1. The number of aromatic nitrogens is 3. The zero-order valence-corrected chi connectivity index (χ0v) is 12.2. The molecule has 0 radical (unpaired) electrons. The smallest absolute Gasteiger partial charge is 0.270 e. The van der Waals surface area contributed by atoms with Gasteiger partial charge in [-0.15, -0.1) is 10.2 Å². The van der Waals surface area contributed by atoms with Gasteiger partial charge in [0.15, 0.2) is 0 Å². The number of nitrogens with zero attached hydrogens (tertiary/aromatic N) is 3. The van der Waals surface area contributed by atoms with E-state index >= 15 is 0 Å². The molecule has 0 atom stereocenters. The van der Waals surface area contributed by atoms with Crippen LogP contribution in [-0.4, -0.2) is 15.2 Å². The first-order chi connectivity index (χ1) is 10.4. The van der Waals surface area contributed by atoms with Crippen molar-refractivity contribution in [1.29, 1.82) is 0 Å². The Morgan fingerprint density at radius 2 is 1.73 bits per heavy atom. The van der Waals surface area contributed by atoms with Gasteiger partial charge in [-0.25, -0.2) is 13.8 Å². The Balaban J connectivity index is 1.93. The van der Waals surface area contributed by atoms with Crippen LogP contribution in [0.2, 0.25) is 5.15 Å². The van der Waals surface area contributed by atoms with Gasteiger partial charge >= 0.3 is 0 Å². The molecular weight excluding hydrogens is 312 g/mol. The summed E-state index contributed by atoms with van der Waals surface area (Å²) in [5.74, 6) is -2.44. The molecule has 4 nitrogen and oxygen atoms in total. The first-order valence-electron chi connectivity index (χ1n) is 6.38. The predicted octanol–water partition coefficient (Wildman–Crippen LogP) is 4.56. The highest BCUT2D eigenvalue weighted by Gasteiger charge is 2.24. The van der Waals surface area contributed by atoms with E-state index in [1.807, 2.05) is 0 Å². The molecule has 0 unspecified atom stereocenters. The third-order valence-electron chi connectivity index (χ3n) is 3.05. The highest BCUT2D eigenvalue weighted by Crippen LogP contribution is 2.30. The van der Waals surface area contributed by atoms with Crippen LogP contribution in [0.3, 0.4) is 0 Å². The van der Waals surface area contributed by atoms with Crippen molar-refractivity contribution < 1.29 is 13.2 Å². The lowest BCUT2D eigenvalue weighted by molar-refractivity contribution is 0.0175. The minimum absolute atomic E-state index is 0.0775. The van der Waals surface area contributed by atoms with Crippen LogP contribution in [0, 0.1) is 0 Å². The number of hydrogen-bond acceptors (Lipinski definition) is 4. The van der Waals surface area contributed by atoms with Gasteiger partial charge in [0.1, 0.15) is 5.15 Å². The predicted molar refractivity (Wildman–Crippen MR) is 77.5 cm³/mol. The lowest BCUT2D eigenvalue weighted by atomic mass is 10.1. The number of pyridine rings is 1. The van der Waals surface area contributed by atoms with Gasteiger partial charge in [-0.3, -0.25) is 0 Å². The molecule has 0 fully saturated rings. The lowest BCUT2D eigenvalue weighted by Crippen LogP contribution is -2.06. The molecule has 3 rings (SSSR count). The van der Waals surface area contributed by atoms with Gasteiger partial charge in [-0.05, 0) is 24.3 Å². The highest BCUT2D eigenvalue weighted by molar-refractivity contribution is 6.31. The fraction of sp³-hybridized carbons (Fsp3) is 0.133. The van der Waals surface area contributed by atoms with Crippen molar-refractivity contribution in [3.8, 4) is 22.9 Å². The molecule has 0 bridgehead atoms. The first-order valence-corrected chi connectivity index (χ1v) is 6.76. The highest BCUT2D eigenvalue weighted by atomic mass is 35.5. The Kier molecular flexibility index (Phi) is 3.62. The molecule has 0 saturated carbocycles. The number of halogens is 3. The Bertz CT molecular complexity index is 797. The van der Waals surface area contributed by atoms with Crippen molar-refractivity contribution >= 4 is 11.6 Å². The summed E-state index contributed by atoms with van der Waals surface area (Å²) < 4.78 is 31.9. The largest absolute Gasteiger partial charge is 0.416 e. The van der Waals surface area contributed by atoms with Gasteiger partial charge in [0.25, 0.3) is 11.8 Å². The van der Waals surface area contributed by atoms with Crippen LogP contribution in [0.4, 0.5) is 8.78 Å². The number of rotatable bonds is 3. The second-order valence-corrected chi connectivity index (χ2v) is 5.08. The number of alkyl halides is 2. The first kappa shape index (κ1) is 14.6. The standard InChI is InChI=1S/C15H10ClF2N3O/c1-15(17,18)10-6-4-9(5-7-10)13-20-21-14(22-13)11-3-2-8-19-12(11)16/h2-8H,1H3. The van der Waals surface area contributed by atoms with Crippen molar-refractivity contribution in [3.63, 3.8) is 0 Å². The van der Waals surface area contributed by atoms with E-state index in [0.29, 0.717) is 11.1 Å². The SMILES string of the molecule is CC(F)(F)c1ccc(-c2nnc(-c3cccnc3Cl)o2)cc1. The average molecular weight is 322 g/mol. The summed E-state index contributed by atoms with van der Waals surface area (Å²) in [6, 6.07) is 9.08. The van der Waals surface area contributed by atoms with Gasteiger partial charge in [0.05, 0.1) is 5.56 Å². The summed E-state index contributed by atoms with van der Waals surface area (Å²) >= 11 is 5.96. The Hall–Kier alpha value is -2.34. The van der Waals surface area contributed by atoms with E-state index in [1.165, 1.54) is 24.3 Å². The normalized spacial score (nSPS) is 11.6.